The lowest BCUT2D eigenvalue weighted by Gasteiger charge is -2.30. The highest BCUT2D eigenvalue weighted by Gasteiger charge is 2.32. The molecule has 0 unspecified atom stereocenters. The average molecular weight is 509 g/mol. The predicted molar refractivity (Wildman–Crippen MR) is 147 cm³/mol. The highest BCUT2D eigenvalue weighted by molar-refractivity contribution is 6.05. The minimum Gasteiger partial charge on any atom is -0.384 e. The van der Waals surface area contributed by atoms with Crippen LogP contribution in [0.5, 0.6) is 0 Å². The van der Waals surface area contributed by atoms with E-state index < -0.39 is 17.6 Å². The summed E-state index contributed by atoms with van der Waals surface area (Å²) < 4.78 is 40.0. The van der Waals surface area contributed by atoms with Gasteiger partial charge < -0.3 is 20.4 Å². The Bertz CT molecular complexity index is 937. The van der Waals surface area contributed by atoms with Gasteiger partial charge in [0, 0.05) is 57.2 Å². The number of rotatable bonds is 4. The Balaban J connectivity index is 0.00000119. The molecule has 2 aromatic rings. The highest BCUT2D eigenvalue weighted by atomic mass is 19.4. The Kier molecular flexibility index (Phi) is 15.2. The van der Waals surface area contributed by atoms with Gasteiger partial charge in [0.25, 0.3) is 5.91 Å². The van der Waals surface area contributed by atoms with E-state index in [1.54, 1.807) is 18.3 Å². The van der Waals surface area contributed by atoms with Crippen molar-refractivity contribution in [1.29, 1.82) is 0 Å². The summed E-state index contributed by atoms with van der Waals surface area (Å²) in [5, 5.41) is 5.86. The Hall–Kier alpha value is -3.00. The van der Waals surface area contributed by atoms with E-state index in [9.17, 15) is 18.0 Å². The molecule has 0 bridgehead atoms. The van der Waals surface area contributed by atoms with Gasteiger partial charge in [0.1, 0.15) is 0 Å². The molecule has 36 heavy (non-hydrogen) atoms. The van der Waals surface area contributed by atoms with Crippen LogP contribution in [-0.4, -0.2) is 51.1 Å². The monoisotopic (exact) mass is 508 g/mol. The number of nitrogens with zero attached hydrogens (tertiary/aromatic N) is 2. The molecule has 2 N–H and O–H groups in total. The van der Waals surface area contributed by atoms with Crippen molar-refractivity contribution in [2.24, 2.45) is 0 Å². The van der Waals surface area contributed by atoms with Gasteiger partial charge in [0.2, 0.25) is 0 Å². The summed E-state index contributed by atoms with van der Waals surface area (Å²) in [6.45, 7) is 17.9. The molecule has 1 saturated heterocycles. The van der Waals surface area contributed by atoms with E-state index >= 15 is 0 Å². The van der Waals surface area contributed by atoms with Gasteiger partial charge >= 0.3 is 6.18 Å². The molecule has 1 aliphatic heterocycles. The maximum Gasteiger partial charge on any atom is 0.416 e. The van der Waals surface area contributed by atoms with Gasteiger partial charge in [-0.1, -0.05) is 40.3 Å². The summed E-state index contributed by atoms with van der Waals surface area (Å²) >= 11 is 0. The van der Waals surface area contributed by atoms with Crippen molar-refractivity contribution in [3.05, 3.63) is 71.4 Å². The standard InChI is InChI=1S/C20H22F3N3O.C4H9N.2C2H6/c1-13-3-4-17(9-14(13)2)25-19(27)15-10-16(20(21,22)23)12-18(11-15)26-7-5-24-6-8-26;1-4-5(2)3;2*1-2/h3-4,9-12,24H,5-8H2,1-2H3,(H,25,27);4H,1H2,2-3H3;2*1-2H3. The fraction of sp³-hybridized carbons (Fsp3) is 0.464. The van der Waals surface area contributed by atoms with Gasteiger partial charge in [-0.3, -0.25) is 4.79 Å². The Morgan fingerprint density at radius 1 is 1.00 bits per heavy atom. The van der Waals surface area contributed by atoms with Crippen molar-refractivity contribution >= 4 is 17.3 Å². The molecule has 5 nitrogen and oxygen atoms in total. The molecule has 0 aliphatic carbocycles. The summed E-state index contributed by atoms with van der Waals surface area (Å²) in [5.74, 6) is -0.555. The van der Waals surface area contributed by atoms with Crippen LogP contribution in [-0.2, 0) is 6.18 Å². The van der Waals surface area contributed by atoms with E-state index in [1.165, 1.54) is 6.07 Å². The zero-order valence-electron chi connectivity index (χ0n) is 23.0. The van der Waals surface area contributed by atoms with E-state index in [0.717, 1.165) is 23.3 Å². The first-order valence-corrected chi connectivity index (χ1v) is 12.4. The van der Waals surface area contributed by atoms with Crippen molar-refractivity contribution in [3.63, 3.8) is 0 Å². The number of hydrogen-bond donors (Lipinski definition) is 2. The second kappa shape index (κ2) is 16.6. The first-order chi connectivity index (χ1) is 17.0. The molecule has 0 radical (unpaired) electrons. The van der Waals surface area contributed by atoms with Crippen LogP contribution in [0.3, 0.4) is 0 Å². The summed E-state index contributed by atoms with van der Waals surface area (Å²) in [6.07, 6.45) is -2.76. The lowest BCUT2D eigenvalue weighted by molar-refractivity contribution is -0.137. The smallest absolute Gasteiger partial charge is 0.384 e. The topological polar surface area (TPSA) is 47.6 Å². The van der Waals surface area contributed by atoms with Gasteiger partial charge in [0.15, 0.2) is 0 Å². The summed E-state index contributed by atoms with van der Waals surface area (Å²) in [4.78, 5) is 16.4. The van der Waals surface area contributed by atoms with E-state index in [-0.39, 0.29) is 5.56 Å². The lowest BCUT2D eigenvalue weighted by Crippen LogP contribution is -2.43. The van der Waals surface area contributed by atoms with E-state index in [2.05, 4.69) is 17.2 Å². The first-order valence-electron chi connectivity index (χ1n) is 12.4. The van der Waals surface area contributed by atoms with Crippen molar-refractivity contribution < 1.29 is 18.0 Å². The molecule has 0 saturated carbocycles. The zero-order chi connectivity index (χ0) is 27.9. The van der Waals surface area contributed by atoms with Crippen LogP contribution in [0.4, 0.5) is 24.5 Å². The number of carbonyl (C=O) groups excluding carboxylic acids is 1. The largest absolute Gasteiger partial charge is 0.416 e. The van der Waals surface area contributed by atoms with Crippen LogP contribution in [0.15, 0.2) is 49.2 Å². The molecule has 202 valence electrons. The van der Waals surface area contributed by atoms with E-state index in [1.807, 2.05) is 71.5 Å². The molecule has 1 heterocycles. The number of piperazine rings is 1. The molecule has 0 aromatic heterocycles. The second-order valence-corrected chi connectivity index (χ2v) is 7.90. The van der Waals surface area contributed by atoms with Crippen LogP contribution in [0.2, 0.25) is 0 Å². The molecule has 2 aromatic carbocycles. The minimum atomic E-state index is -4.51. The molecule has 1 aliphatic rings. The maximum absolute atomic E-state index is 13.3. The summed E-state index contributed by atoms with van der Waals surface area (Å²) in [6, 6.07) is 8.95. The zero-order valence-corrected chi connectivity index (χ0v) is 23.0. The number of alkyl halides is 3. The van der Waals surface area contributed by atoms with Crippen LogP contribution >= 0.6 is 0 Å². The van der Waals surface area contributed by atoms with Crippen molar-refractivity contribution in [3.8, 4) is 0 Å². The van der Waals surface area contributed by atoms with Gasteiger partial charge in [-0.25, -0.2) is 0 Å². The van der Waals surface area contributed by atoms with E-state index in [0.29, 0.717) is 37.6 Å². The molecule has 3 rings (SSSR count). The normalized spacial score (nSPS) is 12.5. The number of anilines is 2. The summed E-state index contributed by atoms with van der Waals surface area (Å²) in [5.41, 5.74) is 2.23. The fourth-order valence-corrected chi connectivity index (χ4v) is 3.03. The van der Waals surface area contributed by atoms with Gasteiger partial charge in [-0.15, -0.1) is 0 Å². The number of benzene rings is 2. The molecule has 1 fully saturated rings. The quantitative estimate of drug-likeness (QED) is 0.481. The van der Waals surface area contributed by atoms with E-state index in [4.69, 9.17) is 0 Å². The second-order valence-electron chi connectivity index (χ2n) is 7.90. The molecule has 0 atom stereocenters. The predicted octanol–water partition coefficient (Wildman–Crippen LogP) is 6.73. The third-order valence-corrected chi connectivity index (χ3v) is 5.12. The van der Waals surface area contributed by atoms with Gasteiger partial charge in [-0.2, -0.15) is 13.2 Å². The Morgan fingerprint density at radius 3 is 2.03 bits per heavy atom. The minimum absolute atomic E-state index is 0.00316. The molecule has 8 heteroatoms. The van der Waals surface area contributed by atoms with Crippen molar-refractivity contribution in [1.82, 2.24) is 10.2 Å². The number of nitrogens with one attached hydrogen (secondary N) is 2. The van der Waals surface area contributed by atoms with Crippen molar-refractivity contribution in [2.75, 3.05) is 50.5 Å². The maximum atomic E-state index is 13.3. The number of carbonyl (C=O) groups is 1. The molecule has 1 amide bonds. The number of hydrogen-bond acceptors (Lipinski definition) is 4. The van der Waals surface area contributed by atoms with Crippen LogP contribution in [0.1, 0.15) is 54.7 Å². The molecular formula is C28H43F3N4O. The SMILES string of the molecule is C=CN(C)C.CC.CC.Cc1ccc(NC(=O)c2cc(N3CCNCC3)cc(C(F)(F)F)c2)cc1C. The Labute approximate surface area is 215 Å². The molecule has 0 spiro atoms. The third kappa shape index (κ3) is 11.2. The molecular weight excluding hydrogens is 465 g/mol. The average Bonchev–Trinajstić information content (AvgIpc) is 2.88. The number of amides is 1. The van der Waals surface area contributed by atoms with Crippen LogP contribution < -0.4 is 15.5 Å². The van der Waals surface area contributed by atoms with Gasteiger partial charge in [0.05, 0.1) is 5.56 Å². The summed E-state index contributed by atoms with van der Waals surface area (Å²) in [7, 11) is 3.88. The highest BCUT2D eigenvalue weighted by Crippen LogP contribution is 2.33. The number of aryl methyl sites for hydroxylation is 2. The third-order valence-electron chi connectivity index (χ3n) is 5.12. The van der Waals surface area contributed by atoms with Gasteiger partial charge in [-0.05, 0) is 61.5 Å². The Morgan fingerprint density at radius 2 is 1.56 bits per heavy atom. The van der Waals surface area contributed by atoms with Crippen LogP contribution in [0, 0.1) is 13.8 Å². The van der Waals surface area contributed by atoms with Crippen molar-refractivity contribution in [2.45, 2.75) is 47.7 Å². The first kappa shape index (κ1) is 33.0. The fourth-order valence-electron chi connectivity index (χ4n) is 3.03. The number of halogens is 3. The lowest BCUT2D eigenvalue weighted by atomic mass is 10.1. The van der Waals surface area contributed by atoms with Crippen LogP contribution in [0.25, 0.3) is 0 Å².